The Bertz CT molecular complexity index is 641. The van der Waals surface area contributed by atoms with Crippen molar-refractivity contribution in [3.8, 4) is 0 Å². The van der Waals surface area contributed by atoms with Gasteiger partial charge in [0.05, 0.1) is 4.34 Å². The van der Waals surface area contributed by atoms with Crippen LogP contribution in [-0.4, -0.2) is 20.7 Å². The first-order valence-corrected chi connectivity index (χ1v) is 9.67. The van der Waals surface area contributed by atoms with Crippen molar-refractivity contribution in [1.29, 1.82) is 0 Å². The van der Waals surface area contributed by atoms with Gasteiger partial charge in [-0.05, 0) is 36.4 Å². The number of thiophene rings is 1. The molecule has 3 nitrogen and oxygen atoms in total. The topological polar surface area (TPSA) is 46.2 Å². The van der Waals surface area contributed by atoms with Crippen LogP contribution in [-0.2, 0) is 10.0 Å². The molecule has 0 fully saturated rings. The summed E-state index contributed by atoms with van der Waals surface area (Å²) in [6.45, 7) is 0.428. The maximum absolute atomic E-state index is 11.9. The van der Waals surface area contributed by atoms with Gasteiger partial charge in [0, 0.05) is 11.4 Å². The minimum absolute atomic E-state index is 0.262. The van der Waals surface area contributed by atoms with E-state index in [9.17, 15) is 8.42 Å². The van der Waals surface area contributed by atoms with Crippen LogP contribution < -0.4 is 4.72 Å². The molecule has 0 bridgehead atoms. The summed E-state index contributed by atoms with van der Waals surface area (Å²) in [7, 11) is -3.41. The summed E-state index contributed by atoms with van der Waals surface area (Å²) in [5.41, 5.74) is 0. The lowest BCUT2D eigenvalue weighted by Crippen LogP contribution is -2.24. The predicted octanol–water partition coefficient (Wildman–Crippen LogP) is 3.86. The van der Waals surface area contributed by atoms with E-state index in [0.717, 1.165) is 23.5 Å². The zero-order valence-electron chi connectivity index (χ0n) is 10.6. The van der Waals surface area contributed by atoms with E-state index < -0.39 is 10.0 Å². The average molecular weight is 348 g/mol. The Balaban J connectivity index is 1.73. The van der Waals surface area contributed by atoms with Crippen LogP contribution in [0.4, 0.5) is 0 Å². The Kier molecular flexibility index (Phi) is 5.92. The molecule has 0 radical (unpaired) electrons. The third-order valence-corrected chi connectivity index (χ3v) is 6.72. The standard InChI is InChI=1S/C13H14ClNO2S3/c14-12-7-8-13(19-12)20(16,17)15-9-4-10-18-11-5-2-1-3-6-11/h1-3,5-8,15H,4,9-10H2. The van der Waals surface area contributed by atoms with Crippen molar-refractivity contribution in [3.63, 3.8) is 0 Å². The van der Waals surface area contributed by atoms with E-state index in [1.165, 1.54) is 11.0 Å². The van der Waals surface area contributed by atoms with Crippen LogP contribution in [0.1, 0.15) is 6.42 Å². The lowest BCUT2D eigenvalue weighted by Gasteiger charge is -2.04. The number of rotatable bonds is 7. The number of hydrogen-bond donors (Lipinski definition) is 1. The van der Waals surface area contributed by atoms with Crippen molar-refractivity contribution >= 4 is 44.7 Å². The molecule has 108 valence electrons. The molecule has 0 unspecified atom stereocenters. The van der Waals surface area contributed by atoms with E-state index in [1.54, 1.807) is 17.8 Å². The number of thioether (sulfide) groups is 1. The molecule has 0 spiro atoms. The second-order valence-corrected chi connectivity index (χ2v) is 8.85. The van der Waals surface area contributed by atoms with Crippen LogP contribution in [0.3, 0.4) is 0 Å². The van der Waals surface area contributed by atoms with Gasteiger partial charge in [0.2, 0.25) is 10.0 Å². The van der Waals surface area contributed by atoms with Gasteiger partial charge in [-0.25, -0.2) is 13.1 Å². The van der Waals surface area contributed by atoms with Gasteiger partial charge in [0.25, 0.3) is 0 Å². The summed E-state index contributed by atoms with van der Waals surface area (Å²) in [5.74, 6) is 0.873. The minimum atomic E-state index is -3.41. The molecular weight excluding hydrogens is 334 g/mol. The summed E-state index contributed by atoms with van der Waals surface area (Å²) in [4.78, 5) is 1.19. The molecular formula is C13H14ClNO2S3. The lowest BCUT2D eigenvalue weighted by molar-refractivity contribution is 0.583. The number of hydrogen-bond acceptors (Lipinski definition) is 4. The third kappa shape index (κ3) is 4.79. The number of sulfonamides is 1. The van der Waals surface area contributed by atoms with Gasteiger partial charge in [0.1, 0.15) is 4.21 Å². The molecule has 2 rings (SSSR count). The van der Waals surface area contributed by atoms with Crippen LogP contribution in [0.15, 0.2) is 51.6 Å². The average Bonchev–Trinajstić information content (AvgIpc) is 2.87. The molecule has 0 aliphatic heterocycles. The number of nitrogens with one attached hydrogen (secondary N) is 1. The van der Waals surface area contributed by atoms with E-state index in [2.05, 4.69) is 4.72 Å². The first-order valence-electron chi connectivity index (χ1n) is 6.01. The molecule has 0 amide bonds. The van der Waals surface area contributed by atoms with Crippen LogP contribution in [0.25, 0.3) is 0 Å². The highest BCUT2D eigenvalue weighted by molar-refractivity contribution is 7.99. The molecule has 1 N–H and O–H groups in total. The molecule has 1 heterocycles. The molecule has 0 aliphatic carbocycles. The maximum Gasteiger partial charge on any atom is 0.250 e. The minimum Gasteiger partial charge on any atom is -0.210 e. The van der Waals surface area contributed by atoms with Gasteiger partial charge >= 0.3 is 0 Å². The number of benzene rings is 1. The second-order valence-electron chi connectivity index (χ2n) is 3.97. The number of halogens is 1. The van der Waals surface area contributed by atoms with E-state index >= 15 is 0 Å². The Hall–Kier alpha value is -0.530. The fourth-order valence-corrected chi connectivity index (χ4v) is 4.97. The molecule has 0 saturated heterocycles. The van der Waals surface area contributed by atoms with Crippen molar-refractivity contribution in [3.05, 3.63) is 46.8 Å². The van der Waals surface area contributed by atoms with Gasteiger partial charge in [-0.2, -0.15) is 0 Å². The highest BCUT2D eigenvalue weighted by Gasteiger charge is 2.15. The second kappa shape index (κ2) is 7.47. The fraction of sp³-hybridized carbons (Fsp3) is 0.231. The SMILES string of the molecule is O=S(=O)(NCCCSc1ccccc1)c1ccc(Cl)s1. The lowest BCUT2D eigenvalue weighted by atomic mass is 10.4. The van der Waals surface area contributed by atoms with Crippen LogP contribution in [0.5, 0.6) is 0 Å². The Morgan fingerprint density at radius 1 is 1.15 bits per heavy atom. The summed E-state index contributed by atoms with van der Waals surface area (Å²) >= 11 is 8.52. The van der Waals surface area contributed by atoms with Gasteiger partial charge in [-0.3, -0.25) is 0 Å². The van der Waals surface area contributed by atoms with E-state index in [1.807, 2.05) is 30.3 Å². The van der Waals surface area contributed by atoms with Crippen LogP contribution >= 0.6 is 34.7 Å². The van der Waals surface area contributed by atoms with Crippen LogP contribution in [0.2, 0.25) is 4.34 Å². The summed E-state index contributed by atoms with van der Waals surface area (Å²) in [6.07, 6.45) is 0.776. The molecule has 0 atom stereocenters. The maximum atomic E-state index is 11.9. The summed E-state index contributed by atoms with van der Waals surface area (Å²) in [6, 6.07) is 13.2. The molecule has 1 aromatic heterocycles. The predicted molar refractivity (Wildman–Crippen MR) is 86.3 cm³/mol. The molecule has 2 aromatic rings. The van der Waals surface area contributed by atoms with E-state index in [4.69, 9.17) is 11.6 Å². The van der Waals surface area contributed by atoms with Gasteiger partial charge in [-0.1, -0.05) is 29.8 Å². The Morgan fingerprint density at radius 3 is 2.55 bits per heavy atom. The Morgan fingerprint density at radius 2 is 1.90 bits per heavy atom. The summed E-state index contributed by atoms with van der Waals surface area (Å²) in [5, 5.41) is 0. The first-order chi connectivity index (χ1) is 9.58. The smallest absolute Gasteiger partial charge is 0.210 e. The largest absolute Gasteiger partial charge is 0.250 e. The monoisotopic (exact) mass is 347 g/mol. The molecule has 1 aromatic carbocycles. The van der Waals surface area contributed by atoms with Crippen molar-refractivity contribution in [2.24, 2.45) is 0 Å². The Labute approximate surface area is 132 Å². The van der Waals surface area contributed by atoms with Gasteiger partial charge < -0.3 is 0 Å². The van der Waals surface area contributed by atoms with E-state index in [0.29, 0.717) is 10.9 Å². The zero-order chi connectivity index (χ0) is 14.4. The van der Waals surface area contributed by atoms with E-state index in [-0.39, 0.29) is 4.21 Å². The van der Waals surface area contributed by atoms with Crippen molar-refractivity contribution < 1.29 is 8.42 Å². The van der Waals surface area contributed by atoms with Crippen molar-refractivity contribution in [2.45, 2.75) is 15.5 Å². The normalized spacial score (nSPS) is 11.7. The highest BCUT2D eigenvalue weighted by atomic mass is 35.5. The van der Waals surface area contributed by atoms with Gasteiger partial charge in [0.15, 0.2) is 0 Å². The summed E-state index contributed by atoms with van der Waals surface area (Å²) < 4.78 is 27.1. The quantitative estimate of drug-likeness (QED) is 0.611. The zero-order valence-corrected chi connectivity index (χ0v) is 13.8. The van der Waals surface area contributed by atoms with Crippen LogP contribution in [0, 0.1) is 0 Å². The highest BCUT2D eigenvalue weighted by Crippen LogP contribution is 2.25. The third-order valence-electron chi connectivity index (χ3n) is 2.44. The molecule has 20 heavy (non-hydrogen) atoms. The fourth-order valence-electron chi connectivity index (χ4n) is 1.50. The van der Waals surface area contributed by atoms with Crippen molar-refractivity contribution in [1.82, 2.24) is 4.72 Å². The molecule has 0 aliphatic rings. The molecule has 7 heteroatoms. The first kappa shape index (κ1) is 15.9. The van der Waals surface area contributed by atoms with Crippen molar-refractivity contribution in [2.75, 3.05) is 12.3 Å². The molecule has 0 saturated carbocycles. The van der Waals surface area contributed by atoms with Gasteiger partial charge in [-0.15, -0.1) is 23.1 Å².